The van der Waals surface area contributed by atoms with Crippen molar-refractivity contribution in [3.8, 4) is 0 Å². The molecule has 0 aliphatic carbocycles. The van der Waals surface area contributed by atoms with E-state index in [1.165, 1.54) is 32.3 Å². The van der Waals surface area contributed by atoms with Crippen LogP contribution in [0.4, 0.5) is 11.4 Å². The predicted octanol–water partition coefficient (Wildman–Crippen LogP) is 4.28. The smallest absolute Gasteiger partial charge is 0.244 e. The second kappa shape index (κ2) is 10.4. The number of halogens is 1. The molecule has 0 N–H and O–H groups in total. The van der Waals surface area contributed by atoms with E-state index < -0.39 is 0 Å². The first-order valence-corrected chi connectivity index (χ1v) is 11.7. The van der Waals surface area contributed by atoms with E-state index in [1.54, 1.807) is 0 Å². The van der Waals surface area contributed by atoms with Crippen molar-refractivity contribution in [3.63, 3.8) is 0 Å². The van der Waals surface area contributed by atoms with Gasteiger partial charge in [0.2, 0.25) is 6.34 Å². The van der Waals surface area contributed by atoms with E-state index in [1.807, 2.05) is 11.8 Å². The van der Waals surface area contributed by atoms with Gasteiger partial charge in [0.15, 0.2) is 0 Å². The molecular formula is C27H31ClN2S. The van der Waals surface area contributed by atoms with Crippen LogP contribution in [0.15, 0.2) is 82.6 Å². The quantitative estimate of drug-likeness (QED) is 0.517. The van der Waals surface area contributed by atoms with Crippen LogP contribution in [0.1, 0.15) is 50.7 Å². The molecule has 4 rings (SSSR count). The summed E-state index contributed by atoms with van der Waals surface area (Å²) in [4.78, 5) is 4.98. The van der Waals surface area contributed by atoms with E-state index in [2.05, 4.69) is 116 Å². The Labute approximate surface area is 197 Å². The van der Waals surface area contributed by atoms with Crippen molar-refractivity contribution in [1.82, 2.24) is 0 Å². The average Bonchev–Trinajstić information content (AvgIpc) is 3.24. The summed E-state index contributed by atoms with van der Waals surface area (Å²) in [5, 5.41) is 0. The summed E-state index contributed by atoms with van der Waals surface area (Å²) in [6, 6.07) is 26.2. The van der Waals surface area contributed by atoms with E-state index >= 15 is 0 Å². The second-order valence-electron chi connectivity index (χ2n) is 8.48. The summed E-state index contributed by atoms with van der Waals surface area (Å²) in [6.07, 6.45) is 2.32. The van der Waals surface area contributed by atoms with Gasteiger partial charge >= 0.3 is 0 Å². The first-order chi connectivity index (χ1) is 14.5. The van der Waals surface area contributed by atoms with E-state index in [4.69, 9.17) is 0 Å². The monoisotopic (exact) mass is 450 g/mol. The van der Waals surface area contributed by atoms with Crippen molar-refractivity contribution >= 4 is 29.5 Å². The fraction of sp³-hybridized carbons (Fsp3) is 0.296. The van der Waals surface area contributed by atoms with Gasteiger partial charge in [-0.2, -0.15) is 0 Å². The van der Waals surface area contributed by atoms with Crippen LogP contribution in [0.3, 0.4) is 0 Å². The van der Waals surface area contributed by atoms with Crippen molar-refractivity contribution < 1.29 is 17.0 Å². The van der Waals surface area contributed by atoms with Gasteiger partial charge in [0.05, 0.1) is 4.90 Å². The molecule has 0 amide bonds. The Hall–Kier alpha value is -2.23. The summed E-state index contributed by atoms with van der Waals surface area (Å²) >= 11 is 1.83. The first-order valence-electron chi connectivity index (χ1n) is 10.9. The SMILES string of the molecule is CC(C)c1cccc(C(C)C)c1[N+]1=CN(c2ccccc2Sc2ccccc2)CC1.[Cl-]. The molecule has 0 saturated carbocycles. The zero-order valence-corrected chi connectivity index (χ0v) is 20.3. The fourth-order valence-electron chi connectivity index (χ4n) is 4.09. The maximum Gasteiger partial charge on any atom is 0.244 e. The van der Waals surface area contributed by atoms with Gasteiger partial charge in [-0.1, -0.05) is 88.0 Å². The molecule has 0 fully saturated rings. The van der Waals surface area contributed by atoms with Gasteiger partial charge in [-0.15, -0.1) is 0 Å². The van der Waals surface area contributed by atoms with Crippen LogP contribution in [0, 0.1) is 0 Å². The molecular weight excluding hydrogens is 420 g/mol. The van der Waals surface area contributed by atoms with Crippen LogP contribution < -0.4 is 17.3 Å². The summed E-state index contributed by atoms with van der Waals surface area (Å²) in [5.41, 5.74) is 5.55. The third-order valence-electron chi connectivity index (χ3n) is 5.64. The number of anilines is 1. The number of benzene rings is 3. The Balaban J connectivity index is 0.00000272. The Morgan fingerprint density at radius 2 is 1.39 bits per heavy atom. The topological polar surface area (TPSA) is 6.25 Å². The normalized spacial score (nSPS) is 13.5. The van der Waals surface area contributed by atoms with Gasteiger partial charge in [-0.05, 0) is 36.1 Å². The number of hydrogen-bond donors (Lipinski definition) is 0. The van der Waals surface area contributed by atoms with E-state index in [0.29, 0.717) is 11.8 Å². The van der Waals surface area contributed by atoms with Gasteiger partial charge in [0.1, 0.15) is 24.5 Å². The Bertz CT molecular complexity index is 1020. The molecule has 3 aromatic carbocycles. The lowest BCUT2D eigenvalue weighted by atomic mass is 9.92. The lowest BCUT2D eigenvalue weighted by Crippen LogP contribution is -3.00. The third kappa shape index (κ3) is 5.16. The zero-order valence-electron chi connectivity index (χ0n) is 18.8. The summed E-state index contributed by atoms with van der Waals surface area (Å²) in [6.45, 7) is 11.2. The predicted molar refractivity (Wildman–Crippen MR) is 130 cm³/mol. The minimum absolute atomic E-state index is 0. The van der Waals surface area contributed by atoms with Gasteiger partial charge in [-0.25, -0.2) is 9.48 Å². The number of rotatable bonds is 6. The van der Waals surface area contributed by atoms with Crippen molar-refractivity contribution in [2.45, 2.75) is 49.3 Å². The van der Waals surface area contributed by atoms with Crippen LogP contribution in [0.2, 0.25) is 0 Å². The Morgan fingerprint density at radius 1 is 0.774 bits per heavy atom. The van der Waals surface area contributed by atoms with Crippen LogP contribution in [0.5, 0.6) is 0 Å². The molecule has 0 radical (unpaired) electrons. The summed E-state index contributed by atoms with van der Waals surface area (Å²) in [7, 11) is 0. The highest BCUT2D eigenvalue weighted by atomic mass is 35.5. The molecule has 1 aliphatic heterocycles. The number of nitrogens with zero attached hydrogens (tertiary/aromatic N) is 2. The maximum absolute atomic E-state index is 2.47. The minimum Gasteiger partial charge on any atom is -1.00 e. The average molecular weight is 451 g/mol. The van der Waals surface area contributed by atoms with Gasteiger partial charge in [-0.3, -0.25) is 0 Å². The molecule has 0 aromatic heterocycles. The zero-order chi connectivity index (χ0) is 21.1. The number of para-hydroxylation sites is 2. The molecule has 4 heteroatoms. The molecule has 1 heterocycles. The molecule has 2 nitrogen and oxygen atoms in total. The molecule has 31 heavy (non-hydrogen) atoms. The van der Waals surface area contributed by atoms with Crippen LogP contribution in [-0.2, 0) is 0 Å². The largest absolute Gasteiger partial charge is 1.00 e. The van der Waals surface area contributed by atoms with Crippen molar-refractivity contribution in [2.75, 3.05) is 18.0 Å². The van der Waals surface area contributed by atoms with Crippen LogP contribution in [-0.4, -0.2) is 24.0 Å². The van der Waals surface area contributed by atoms with Crippen molar-refractivity contribution in [1.29, 1.82) is 0 Å². The maximum atomic E-state index is 2.47. The third-order valence-corrected chi connectivity index (χ3v) is 6.71. The van der Waals surface area contributed by atoms with Crippen molar-refractivity contribution in [2.24, 2.45) is 0 Å². The fourth-order valence-corrected chi connectivity index (χ4v) is 5.07. The first kappa shape index (κ1) is 23.4. The second-order valence-corrected chi connectivity index (χ2v) is 9.59. The summed E-state index contributed by atoms with van der Waals surface area (Å²) in [5.74, 6) is 1.00. The highest BCUT2D eigenvalue weighted by molar-refractivity contribution is 7.99. The van der Waals surface area contributed by atoms with Gasteiger partial charge in [0, 0.05) is 16.0 Å². The van der Waals surface area contributed by atoms with Crippen molar-refractivity contribution in [3.05, 3.63) is 83.9 Å². The molecule has 3 aromatic rings. The van der Waals surface area contributed by atoms with Crippen LogP contribution >= 0.6 is 11.8 Å². The van der Waals surface area contributed by atoms with E-state index in [9.17, 15) is 0 Å². The van der Waals surface area contributed by atoms with Crippen LogP contribution in [0.25, 0.3) is 0 Å². The molecule has 0 bridgehead atoms. The molecule has 162 valence electrons. The van der Waals surface area contributed by atoms with Gasteiger partial charge in [0.25, 0.3) is 0 Å². The Kier molecular flexibility index (Phi) is 7.85. The molecule has 1 aliphatic rings. The van der Waals surface area contributed by atoms with Gasteiger partial charge < -0.3 is 12.4 Å². The molecule has 0 spiro atoms. The van der Waals surface area contributed by atoms with E-state index in [-0.39, 0.29) is 12.4 Å². The lowest BCUT2D eigenvalue weighted by molar-refractivity contribution is -0.425. The van der Waals surface area contributed by atoms with E-state index in [0.717, 1.165) is 13.1 Å². The number of hydrogen-bond acceptors (Lipinski definition) is 2. The minimum atomic E-state index is 0. The highest BCUT2D eigenvalue weighted by Gasteiger charge is 2.28. The standard InChI is InChI=1S/C27H31N2S.ClH/c1-20(2)23-13-10-14-24(21(3)4)27(23)29-18-17-28(19-29)25-15-8-9-16-26(25)30-22-11-6-5-7-12-22;/h5-16,19-21H,17-18H2,1-4H3;1H/q+1;/p-1. The Morgan fingerprint density at radius 3 is 2.03 bits per heavy atom. The highest BCUT2D eigenvalue weighted by Crippen LogP contribution is 2.38. The lowest BCUT2D eigenvalue weighted by Gasteiger charge is -2.17. The molecule has 0 unspecified atom stereocenters. The molecule has 0 saturated heterocycles. The summed E-state index contributed by atoms with van der Waals surface area (Å²) < 4.78 is 2.47. The molecule has 0 atom stereocenters.